The Kier molecular flexibility index (Phi) is 4.49. The SMILES string of the molecule is Cc1ccc(-n2ncc3c(=O)n(Cc4cccc(C(F)(F)F)c4)cnc32)cc1C. The van der Waals surface area contributed by atoms with Gasteiger partial charge in [-0.2, -0.15) is 18.3 Å². The lowest BCUT2D eigenvalue weighted by Crippen LogP contribution is -2.21. The number of hydrogen-bond donors (Lipinski definition) is 0. The molecular weight excluding hydrogens is 381 g/mol. The molecule has 0 spiro atoms. The summed E-state index contributed by atoms with van der Waals surface area (Å²) in [4.78, 5) is 17.2. The van der Waals surface area contributed by atoms with E-state index < -0.39 is 11.7 Å². The van der Waals surface area contributed by atoms with Crippen LogP contribution in [0.25, 0.3) is 16.7 Å². The molecule has 148 valence electrons. The van der Waals surface area contributed by atoms with Crippen molar-refractivity contribution in [1.82, 2.24) is 19.3 Å². The van der Waals surface area contributed by atoms with Gasteiger partial charge in [0.2, 0.25) is 0 Å². The van der Waals surface area contributed by atoms with E-state index in [4.69, 9.17) is 0 Å². The van der Waals surface area contributed by atoms with Gasteiger partial charge in [0.15, 0.2) is 5.65 Å². The molecule has 0 saturated heterocycles. The topological polar surface area (TPSA) is 52.7 Å². The van der Waals surface area contributed by atoms with Crippen molar-refractivity contribution in [1.29, 1.82) is 0 Å². The monoisotopic (exact) mass is 398 g/mol. The molecule has 0 radical (unpaired) electrons. The van der Waals surface area contributed by atoms with E-state index >= 15 is 0 Å². The smallest absolute Gasteiger partial charge is 0.294 e. The van der Waals surface area contributed by atoms with E-state index in [-0.39, 0.29) is 12.1 Å². The van der Waals surface area contributed by atoms with Gasteiger partial charge in [-0.25, -0.2) is 9.67 Å². The minimum absolute atomic E-state index is 0.0134. The lowest BCUT2D eigenvalue weighted by molar-refractivity contribution is -0.137. The molecule has 0 bridgehead atoms. The highest BCUT2D eigenvalue weighted by Gasteiger charge is 2.30. The summed E-state index contributed by atoms with van der Waals surface area (Å²) in [5, 5.41) is 4.59. The molecule has 4 aromatic rings. The van der Waals surface area contributed by atoms with Gasteiger partial charge >= 0.3 is 6.18 Å². The fourth-order valence-electron chi connectivity index (χ4n) is 3.15. The van der Waals surface area contributed by atoms with Gasteiger partial charge < -0.3 is 0 Å². The molecule has 29 heavy (non-hydrogen) atoms. The van der Waals surface area contributed by atoms with Crippen molar-refractivity contribution in [2.45, 2.75) is 26.6 Å². The summed E-state index contributed by atoms with van der Waals surface area (Å²) in [5.74, 6) is 0. The quantitative estimate of drug-likeness (QED) is 0.518. The number of hydrogen-bond acceptors (Lipinski definition) is 3. The van der Waals surface area contributed by atoms with E-state index in [0.717, 1.165) is 28.9 Å². The minimum Gasteiger partial charge on any atom is -0.294 e. The maximum Gasteiger partial charge on any atom is 0.416 e. The fraction of sp³-hybridized carbons (Fsp3) is 0.190. The number of aryl methyl sites for hydroxylation is 2. The van der Waals surface area contributed by atoms with Gasteiger partial charge in [-0.15, -0.1) is 0 Å². The molecule has 0 aliphatic carbocycles. The number of rotatable bonds is 3. The average molecular weight is 398 g/mol. The first-order valence-electron chi connectivity index (χ1n) is 8.91. The van der Waals surface area contributed by atoms with Crippen LogP contribution >= 0.6 is 0 Å². The molecule has 0 fully saturated rings. The Morgan fingerprint density at radius 2 is 1.83 bits per heavy atom. The van der Waals surface area contributed by atoms with Crippen LogP contribution in [0.3, 0.4) is 0 Å². The van der Waals surface area contributed by atoms with E-state index in [2.05, 4.69) is 10.1 Å². The summed E-state index contributed by atoms with van der Waals surface area (Å²) in [6.45, 7) is 3.98. The molecule has 5 nitrogen and oxygen atoms in total. The van der Waals surface area contributed by atoms with Gasteiger partial charge in [-0.05, 0) is 54.8 Å². The Morgan fingerprint density at radius 3 is 2.55 bits per heavy atom. The van der Waals surface area contributed by atoms with E-state index in [1.54, 1.807) is 10.7 Å². The van der Waals surface area contributed by atoms with Gasteiger partial charge in [0.05, 0.1) is 24.0 Å². The third kappa shape index (κ3) is 3.53. The maximum atomic E-state index is 12.9. The van der Waals surface area contributed by atoms with Gasteiger partial charge in [0.25, 0.3) is 5.56 Å². The van der Waals surface area contributed by atoms with E-state index in [1.165, 1.54) is 23.2 Å². The van der Waals surface area contributed by atoms with Crippen molar-refractivity contribution >= 4 is 11.0 Å². The van der Waals surface area contributed by atoms with Crippen molar-refractivity contribution in [3.63, 3.8) is 0 Å². The number of alkyl halides is 3. The van der Waals surface area contributed by atoms with Crippen LogP contribution in [0, 0.1) is 13.8 Å². The Bertz CT molecular complexity index is 1270. The Hall–Kier alpha value is -3.42. The molecule has 0 N–H and O–H groups in total. The summed E-state index contributed by atoms with van der Waals surface area (Å²) in [5.41, 5.74) is 2.67. The molecule has 0 saturated carbocycles. The van der Waals surface area contributed by atoms with Crippen LogP contribution in [-0.4, -0.2) is 19.3 Å². The van der Waals surface area contributed by atoms with E-state index in [0.29, 0.717) is 16.6 Å². The molecule has 0 amide bonds. The van der Waals surface area contributed by atoms with E-state index in [1.807, 2.05) is 32.0 Å². The molecule has 0 unspecified atom stereocenters. The highest BCUT2D eigenvalue weighted by molar-refractivity contribution is 5.75. The lowest BCUT2D eigenvalue weighted by Gasteiger charge is -2.10. The zero-order valence-corrected chi connectivity index (χ0v) is 15.7. The fourth-order valence-corrected chi connectivity index (χ4v) is 3.15. The van der Waals surface area contributed by atoms with Crippen molar-refractivity contribution in [3.8, 4) is 5.69 Å². The lowest BCUT2D eigenvalue weighted by atomic mass is 10.1. The molecule has 0 aliphatic heterocycles. The number of aromatic nitrogens is 4. The summed E-state index contributed by atoms with van der Waals surface area (Å²) >= 11 is 0. The predicted octanol–water partition coefficient (Wildman–Crippen LogP) is 4.27. The molecule has 2 aromatic carbocycles. The van der Waals surface area contributed by atoms with Crippen LogP contribution in [0.4, 0.5) is 13.2 Å². The largest absolute Gasteiger partial charge is 0.416 e. The number of halogens is 3. The molecule has 2 aromatic heterocycles. The third-order valence-electron chi connectivity index (χ3n) is 4.90. The standard InChI is InChI=1S/C21H17F3N4O/c1-13-6-7-17(8-14(13)2)28-19-18(10-26-28)20(29)27(12-25-19)11-15-4-3-5-16(9-15)21(22,23)24/h3-10,12H,11H2,1-2H3. The summed E-state index contributed by atoms with van der Waals surface area (Å²) in [6, 6.07) is 10.7. The molecule has 0 aliphatic rings. The normalized spacial score (nSPS) is 11.9. The molecule has 0 atom stereocenters. The van der Waals surface area contributed by atoms with Gasteiger partial charge in [0, 0.05) is 0 Å². The first kappa shape index (κ1) is 18.9. The van der Waals surface area contributed by atoms with Crippen LogP contribution in [-0.2, 0) is 12.7 Å². The van der Waals surface area contributed by atoms with Crippen molar-refractivity contribution in [2.75, 3.05) is 0 Å². The maximum absolute atomic E-state index is 12.9. The van der Waals surface area contributed by atoms with Crippen molar-refractivity contribution in [3.05, 3.63) is 87.6 Å². The number of nitrogens with zero attached hydrogens (tertiary/aromatic N) is 4. The predicted molar refractivity (Wildman–Crippen MR) is 103 cm³/mol. The minimum atomic E-state index is -4.43. The summed E-state index contributed by atoms with van der Waals surface area (Å²) < 4.78 is 41.6. The van der Waals surface area contributed by atoms with Gasteiger partial charge in [-0.3, -0.25) is 9.36 Å². The van der Waals surface area contributed by atoms with Crippen LogP contribution in [0.1, 0.15) is 22.3 Å². The first-order chi connectivity index (χ1) is 13.7. The van der Waals surface area contributed by atoms with Crippen LogP contribution in [0.2, 0.25) is 0 Å². The Labute approximate surface area is 164 Å². The third-order valence-corrected chi connectivity index (χ3v) is 4.90. The van der Waals surface area contributed by atoms with E-state index in [9.17, 15) is 18.0 Å². The second-order valence-electron chi connectivity index (χ2n) is 6.94. The number of fused-ring (bicyclic) bond motifs is 1. The Balaban J connectivity index is 1.73. The zero-order valence-electron chi connectivity index (χ0n) is 15.7. The van der Waals surface area contributed by atoms with Gasteiger partial charge in [0.1, 0.15) is 11.7 Å². The van der Waals surface area contributed by atoms with Crippen LogP contribution in [0.5, 0.6) is 0 Å². The second-order valence-corrected chi connectivity index (χ2v) is 6.94. The van der Waals surface area contributed by atoms with Crippen molar-refractivity contribution < 1.29 is 13.2 Å². The highest BCUT2D eigenvalue weighted by Crippen LogP contribution is 2.29. The number of benzene rings is 2. The molecule has 2 heterocycles. The summed E-state index contributed by atoms with van der Waals surface area (Å²) in [7, 11) is 0. The first-order valence-corrected chi connectivity index (χ1v) is 8.91. The average Bonchev–Trinajstić information content (AvgIpc) is 3.11. The zero-order chi connectivity index (χ0) is 20.8. The summed E-state index contributed by atoms with van der Waals surface area (Å²) in [6.07, 6.45) is -1.66. The van der Waals surface area contributed by atoms with Crippen molar-refractivity contribution in [2.24, 2.45) is 0 Å². The van der Waals surface area contributed by atoms with Gasteiger partial charge in [-0.1, -0.05) is 18.2 Å². The van der Waals surface area contributed by atoms with Crippen LogP contribution in [0.15, 0.2) is 59.8 Å². The highest BCUT2D eigenvalue weighted by atomic mass is 19.4. The van der Waals surface area contributed by atoms with Crippen LogP contribution < -0.4 is 5.56 Å². The molecule has 4 rings (SSSR count). The molecule has 8 heteroatoms. The Morgan fingerprint density at radius 1 is 1.03 bits per heavy atom. The second kappa shape index (κ2) is 6.88. The molecular formula is C21H17F3N4O.